The Hall–Kier alpha value is -0.450. The summed E-state index contributed by atoms with van der Waals surface area (Å²) in [4.78, 5) is 12.5. The predicted molar refractivity (Wildman–Crippen MR) is 50.8 cm³/mol. The van der Waals surface area contributed by atoms with Crippen LogP contribution in [-0.2, 0) is 9.53 Å². The average molecular weight is 186 g/mol. The molecule has 1 heterocycles. The average Bonchev–Trinajstić information content (AvgIpc) is 2.08. The quantitative estimate of drug-likeness (QED) is 0.568. The van der Waals surface area contributed by atoms with Gasteiger partial charge in [-0.15, -0.1) is 0 Å². The standard InChI is InChI=1S/C9H18N2O2/c1-3-11-7-9(8-11,6-10-2)13-5-4-12/h4,10H,3,5-8H2,1-2H3. The first-order chi connectivity index (χ1) is 6.26. The largest absolute Gasteiger partial charge is 0.364 e. The summed E-state index contributed by atoms with van der Waals surface area (Å²) in [5.41, 5.74) is -0.119. The molecule has 0 spiro atoms. The Morgan fingerprint density at radius 1 is 1.62 bits per heavy atom. The van der Waals surface area contributed by atoms with Crippen molar-refractivity contribution >= 4 is 6.29 Å². The minimum Gasteiger partial charge on any atom is -0.364 e. The summed E-state index contributed by atoms with van der Waals surface area (Å²) in [6, 6.07) is 0. The highest BCUT2D eigenvalue weighted by atomic mass is 16.5. The Balaban J connectivity index is 2.34. The van der Waals surface area contributed by atoms with Gasteiger partial charge in [-0.1, -0.05) is 6.92 Å². The van der Waals surface area contributed by atoms with Gasteiger partial charge in [0.25, 0.3) is 0 Å². The Labute approximate surface area is 79.2 Å². The number of hydrogen-bond acceptors (Lipinski definition) is 4. The Bertz CT molecular complexity index is 167. The summed E-state index contributed by atoms with van der Waals surface area (Å²) in [6.45, 7) is 6.06. The van der Waals surface area contributed by atoms with E-state index in [1.165, 1.54) is 0 Å². The number of rotatable bonds is 6. The van der Waals surface area contributed by atoms with E-state index in [1.807, 2.05) is 7.05 Å². The van der Waals surface area contributed by atoms with Gasteiger partial charge in [0, 0.05) is 19.6 Å². The lowest BCUT2D eigenvalue weighted by Gasteiger charge is -2.49. The number of aldehydes is 1. The van der Waals surface area contributed by atoms with E-state index in [0.29, 0.717) is 0 Å². The molecule has 1 saturated heterocycles. The van der Waals surface area contributed by atoms with E-state index in [0.717, 1.165) is 32.5 Å². The normalized spacial score (nSPS) is 21.1. The zero-order valence-electron chi connectivity index (χ0n) is 8.38. The molecular weight excluding hydrogens is 168 g/mol. The van der Waals surface area contributed by atoms with E-state index in [2.05, 4.69) is 17.1 Å². The molecule has 0 bridgehead atoms. The molecule has 13 heavy (non-hydrogen) atoms. The van der Waals surface area contributed by atoms with E-state index in [4.69, 9.17) is 4.74 Å². The molecule has 0 saturated carbocycles. The van der Waals surface area contributed by atoms with Crippen LogP contribution in [-0.4, -0.2) is 56.6 Å². The number of likely N-dealkylation sites (tertiary alicyclic amines) is 1. The second-order valence-electron chi connectivity index (χ2n) is 3.49. The van der Waals surface area contributed by atoms with Gasteiger partial charge in [0.2, 0.25) is 0 Å². The van der Waals surface area contributed by atoms with Crippen LogP contribution in [0.4, 0.5) is 0 Å². The molecule has 1 N–H and O–H groups in total. The number of ether oxygens (including phenoxy) is 1. The molecule has 0 aromatic rings. The molecule has 0 aromatic heterocycles. The summed E-state index contributed by atoms with van der Waals surface area (Å²) in [5.74, 6) is 0. The summed E-state index contributed by atoms with van der Waals surface area (Å²) in [7, 11) is 1.90. The van der Waals surface area contributed by atoms with Crippen molar-refractivity contribution in [1.82, 2.24) is 10.2 Å². The minimum atomic E-state index is -0.119. The maximum atomic E-state index is 10.2. The molecule has 0 atom stereocenters. The highest BCUT2D eigenvalue weighted by Crippen LogP contribution is 2.23. The zero-order chi connectivity index (χ0) is 9.73. The monoisotopic (exact) mass is 186 g/mol. The van der Waals surface area contributed by atoms with Gasteiger partial charge < -0.3 is 14.8 Å². The maximum Gasteiger partial charge on any atom is 0.145 e. The van der Waals surface area contributed by atoms with E-state index < -0.39 is 0 Å². The number of hydrogen-bond donors (Lipinski definition) is 1. The minimum absolute atomic E-state index is 0.119. The van der Waals surface area contributed by atoms with Gasteiger partial charge in [0.1, 0.15) is 18.5 Å². The SMILES string of the molecule is CCN1CC(CNC)(OCC=O)C1. The molecule has 4 heteroatoms. The van der Waals surface area contributed by atoms with Crippen LogP contribution >= 0.6 is 0 Å². The van der Waals surface area contributed by atoms with Crippen molar-refractivity contribution in [3.8, 4) is 0 Å². The molecule has 1 aliphatic rings. The van der Waals surface area contributed by atoms with Crippen LogP contribution < -0.4 is 5.32 Å². The Morgan fingerprint density at radius 2 is 2.31 bits per heavy atom. The first-order valence-corrected chi connectivity index (χ1v) is 4.71. The lowest BCUT2D eigenvalue weighted by Crippen LogP contribution is -2.66. The molecule has 1 fully saturated rings. The van der Waals surface area contributed by atoms with Crippen LogP contribution in [0.5, 0.6) is 0 Å². The molecular formula is C9H18N2O2. The molecule has 0 radical (unpaired) electrons. The Morgan fingerprint density at radius 3 is 2.77 bits per heavy atom. The van der Waals surface area contributed by atoms with Crippen LogP contribution in [0, 0.1) is 0 Å². The second kappa shape index (κ2) is 4.69. The number of carbonyl (C=O) groups excluding carboxylic acids is 1. The summed E-state index contributed by atoms with van der Waals surface area (Å²) >= 11 is 0. The zero-order valence-corrected chi connectivity index (χ0v) is 8.38. The van der Waals surface area contributed by atoms with Gasteiger partial charge in [0.05, 0.1) is 0 Å². The molecule has 1 rings (SSSR count). The number of carbonyl (C=O) groups is 1. The van der Waals surface area contributed by atoms with Gasteiger partial charge >= 0.3 is 0 Å². The van der Waals surface area contributed by atoms with Gasteiger partial charge in [-0.05, 0) is 13.6 Å². The Kier molecular flexibility index (Phi) is 3.84. The van der Waals surface area contributed by atoms with Crippen molar-refractivity contribution < 1.29 is 9.53 Å². The van der Waals surface area contributed by atoms with Crippen LogP contribution in [0.1, 0.15) is 6.92 Å². The van der Waals surface area contributed by atoms with Crippen molar-refractivity contribution in [2.45, 2.75) is 12.5 Å². The fraction of sp³-hybridized carbons (Fsp3) is 0.889. The van der Waals surface area contributed by atoms with Crippen molar-refractivity contribution in [2.75, 3.05) is 39.8 Å². The number of likely N-dealkylation sites (N-methyl/N-ethyl adjacent to an activating group) is 2. The van der Waals surface area contributed by atoms with Crippen LogP contribution in [0.25, 0.3) is 0 Å². The van der Waals surface area contributed by atoms with Crippen molar-refractivity contribution in [2.24, 2.45) is 0 Å². The first-order valence-electron chi connectivity index (χ1n) is 4.71. The molecule has 4 nitrogen and oxygen atoms in total. The van der Waals surface area contributed by atoms with Crippen LogP contribution in [0.2, 0.25) is 0 Å². The third-order valence-electron chi connectivity index (χ3n) is 2.43. The predicted octanol–water partition coefficient (Wildman–Crippen LogP) is -0.504. The first kappa shape index (κ1) is 10.6. The third kappa shape index (κ3) is 2.49. The highest BCUT2D eigenvalue weighted by molar-refractivity contribution is 5.50. The van der Waals surface area contributed by atoms with Crippen molar-refractivity contribution in [3.05, 3.63) is 0 Å². The van der Waals surface area contributed by atoms with Crippen LogP contribution in [0.15, 0.2) is 0 Å². The maximum absolute atomic E-state index is 10.2. The lowest BCUT2D eigenvalue weighted by molar-refractivity contribution is -0.147. The van der Waals surface area contributed by atoms with Gasteiger partial charge in [-0.3, -0.25) is 4.90 Å². The van der Waals surface area contributed by atoms with Crippen molar-refractivity contribution in [3.63, 3.8) is 0 Å². The fourth-order valence-electron chi connectivity index (χ4n) is 1.78. The summed E-state index contributed by atoms with van der Waals surface area (Å²) in [6.07, 6.45) is 0.812. The van der Waals surface area contributed by atoms with Gasteiger partial charge in [0.15, 0.2) is 0 Å². The van der Waals surface area contributed by atoms with E-state index in [1.54, 1.807) is 0 Å². The molecule has 0 unspecified atom stereocenters. The van der Waals surface area contributed by atoms with E-state index in [-0.39, 0.29) is 12.2 Å². The third-order valence-corrected chi connectivity index (χ3v) is 2.43. The summed E-state index contributed by atoms with van der Waals surface area (Å²) < 4.78 is 5.52. The van der Waals surface area contributed by atoms with Crippen molar-refractivity contribution in [1.29, 1.82) is 0 Å². The number of nitrogens with one attached hydrogen (secondary N) is 1. The van der Waals surface area contributed by atoms with Gasteiger partial charge in [-0.2, -0.15) is 0 Å². The fourth-order valence-corrected chi connectivity index (χ4v) is 1.78. The molecule has 1 aliphatic heterocycles. The topological polar surface area (TPSA) is 41.6 Å². The molecule has 0 aliphatic carbocycles. The molecule has 0 amide bonds. The highest BCUT2D eigenvalue weighted by Gasteiger charge is 2.42. The summed E-state index contributed by atoms with van der Waals surface area (Å²) in [5, 5.41) is 3.10. The smallest absolute Gasteiger partial charge is 0.145 e. The van der Waals surface area contributed by atoms with Crippen LogP contribution in [0.3, 0.4) is 0 Å². The van der Waals surface area contributed by atoms with E-state index >= 15 is 0 Å². The number of nitrogens with zero attached hydrogens (tertiary/aromatic N) is 1. The molecule has 76 valence electrons. The lowest BCUT2D eigenvalue weighted by atomic mass is 9.94. The molecule has 0 aromatic carbocycles. The van der Waals surface area contributed by atoms with Gasteiger partial charge in [-0.25, -0.2) is 0 Å². The second-order valence-corrected chi connectivity index (χ2v) is 3.49. The van der Waals surface area contributed by atoms with E-state index in [9.17, 15) is 4.79 Å².